The van der Waals surface area contributed by atoms with Gasteiger partial charge in [0.15, 0.2) is 5.82 Å². The summed E-state index contributed by atoms with van der Waals surface area (Å²) in [6, 6.07) is 2.60. The number of likely N-dealkylation sites (tertiary alicyclic amines) is 1. The molecule has 1 N–H and O–H groups in total. The molecule has 0 bridgehead atoms. The second-order valence-electron chi connectivity index (χ2n) is 7.92. The Labute approximate surface area is 148 Å². The van der Waals surface area contributed by atoms with Gasteiger partial charge in [0.05, 0.1) is 17.8 Å². The highest BCUT2D eigenvalue weighted by molar-refractivity contribution is 5.73. The summed E-state index contributed by atoms with van der Waals surface area (Å²) in [4.78, 5) is 17.7. The monoisotopic (exact) mass is 345 g/mol. The minimum Gasteiger partial charge on any atom is -0.387 e. The largest absolute Gasteiger partial charge is 0.387 e. The molecule has 1 amide bonds. The van der Waals surface area contributed by atoms with Crippen molar-refractivity contribution < 1.29 is 9.90 Å². The zero-order chi connectivity index (χ0) is 17.6. The summed E-state index contributed by atoms with van der Waals surface area (Å²) in [5, 5.41) is 19.5. The molecule has 1 aromatic heterocycles. The molecule has 0 spiro atoms. The van der Waals surface area contributed by atoms with E-state index in [1.165, 1.54) is 12.0 Å². The van der Waals surface area contributed by atoms with E-state index in [0.717, 1.165) is 37.4 Å². The minimum atomic E-state index is -0.784. The van der Waals surface area contributed by atoms with Crippen LogP contribution in [0.5, 0.6) is 0 Å². The average molecular weight is 345 g/mol. The summed E-state index contributed by atoms with van der Waals surface area (Å²) >= 11 is 0. The van der Waals surface area contributed by atoms with Gasteiger partial charge in [-0.2, -0.15) is 5.10 Å². The number of fused-ring (bicyclic) bond motifs is 1. The molecule has 4 rings (SSSR count). The maximum Gasteiger partial charge on any atom is 0.219 e. The van der Waals surface area contributed by atoms with Gasteiger partial charge < -0.3 is 14.9 Å². The van der Waals surface area contributed by atoms with Crippen molar-refractivity contribution in [2.45, 2.75) is 44.2 Å². The van der Waals surface area contributed by atoms with E-state index < -0.39 is 5.60 Å². The van der Waals surface area contributed by atoms with Gasteiger partial charge in [0.25, 0.3) is 0 Å². The maximum absolute atomic E-state index is 11.5. The highest BCUT2D eigenvalue weighted by atomic mass is 16.3. The first-order valence-corrected chi connectivity index (χ1v) is 9.22. The third-order valence-electron chi connectivity index (χ3n) is 5.94. The number of aliphatic hydroxyl groups is 1. The first-order chi connectivity index (χ1) is 11.9. The number of β-amino-alcohol motifs (C(OH)–C–C–N with tert-alkyl or cyclic N) is 1. The topological polar surface area (TPSA) is 72.8 Å². The van der Waals surface area contributed by atoms with Crippen LogP contribution < -0.4 is 4.90 Å². The molecule has 0 radical (unpaired) electrons. The van der Waals surface area contributed by atoms with Crippen LogP contribution in [0.2, 0.25) is 0 Å². The first kappa shape index (κ1) is 16.7. The Balaban J connectivity index is 1.31. The quantitative estimate of drug-likeness (QED) is 0.833. The molecule has 3 aliphatic rings. The summed E-state index contributed by atoms with van der Waals surface area (Å²) in [5.41, 5.74) is 1.73. The van der Waals surface area contributed by atoms with E-state index in [4.69, 9.17) is 0 Å². The number of carbonyl (C=O) groups is 1. The number of nitrogens with zero attached hydrogens (tertiary/aromatic N) is 5. The van der Waals surface area contributed by atoms with Crippen LogP contribution in [0.3, 0.4) is 0 Å². The molecular weight excluding hydrogens is 318 g/mol. The molecule has 7 nitrogen and oxygen atoms in total. The van der Waals surface area contributed by atoms with E-state index >= 15 is 0 Å². The van der Waals surface area contributed by atoms with Crippen molar-refractivity contribution in [1.82, 2.24) is 20.0 Å². The zero-order valence-corrected chi connectivity index (χ0v) is 15.1. The molecule has 7 heteroatoms. The summed E-state index contributed by atoms with van der Waals surface area (Å²) in [6.07, 6.45) is 4.02. The summed E-state index contributed by atoms with van der Waals surface area (Å²) < 4.78 is 0. The fourth-order valence-corrected chi connectivity index (χ4v) is 4.24. The summed E-state index contributed by atoms with van der Waals surface area (Å²) in [6.45, 7) is 5.09. The molecule has 2 saturated heterocycles. The number of rotatable bonds is 4. The van der Waals surface area contributed by atoms with Gasteiger partial charge in [0.2, 0.25) is 5.91 Å². The highest BCUT2D eigenvalue weighted by Gasteiger charge is 2.41. The number of anilines is 1. The van der Waals surface area contributed by atoms with Crippen molar-refractivity contribution in [1.29, 1.82) is 0 Å². The van der Waals surface area contributed by atoms with Crippen LogP contribution in [0.25, 0.3) is 0 Å². The molecular formula is C18H27N5O2. The fraction of sp³-hybridized carbons (Fsp3) is 0.722. The molecule has 0 saturated carbocycles. The lowest BCUT2D eigenvalue weighted by atomic mass is 10.00. The maximum atomic E-state index is 11.5. The van der Waals surface area contributed by atoms with Crippen molar-refractivity contribution in [3.8, 4) is 0 Å². The fourth-order valence-electron chi connectivity index (χ4n) is 4.24. The van der Waals surface area contributed by atoms with Crippen molar-refractivity contribution >= 4 is 11.7 Å². The van der Waals surface area contributed by atoms with E-state index in [1.807, 2.05) is 0 Å². The molecule has 136 valence electrons. The average Bonchev–Trinajstić information content (AvgIpc) is 3.11. The zero-order valence-electron chi connectivity index (χ0n) is 15.1. The third kappa shape index (κ3) is 3.22. The van der Waals surface area contributed by atoms with Gasteiger partial charge in [-0.1, -0.05) is 0 Å². The Morgan fingerprint density at radius 1 is 1.40 bits per heavy atom. The number of aryl methyl sites for hydroxylation is 2. The van der Waals surface area contributed by atoms with Gasteiger partial charge in [-0.05, 0) is 44.4 Å². The number of amides is 1. The molecule has 1 atom stereocenters. The number of likely N-dealkylation sites (N-methyl/N-ethyl adjacent to an activating group) is 1. The van der Waals surface area contributed by atoms with E-state index in [1.54, 1.807) is 11.8 Å². The smallest absolute Gasteiger partial charge is 0.219 e. The van der Waals surface area contributed by atoms with Crippen molar-refractivity contribution in [2.75, 3.05) is 44.7 Å². The third-order valence-corrected chi connectivity index (χ3v) is 5.94. The summed E-state index contributed by atoms with van der Waals surface area (Å²) in [5.74, 6) is 1.02. The van der Waals surface area contributed by atoms with E-state index in [9.17, 15) is 9.90 Å². The van der Waals surface area contributed by atoms with Crippen LogP contribution >= 0.6 is 0 Å². The SMILES string of the molecule is CC(=O)N1CCC(O)(CN(C)C2CN(c3cc4c(nn3)CCC4)C2)C1. The molecule has 2 fully saturated rings. The van der Waals surface area contributed by atoms with E-state index in [-0.39, 0.29) is 5.91 Å². The Hall–Kier alpha value is -1.73. The summed E-state index contributed by atoms with van der Waals surface area (Å²) in [7, 11) is 2.06. The molecule has 3 heterocycles. The molecule has 0 aromatic carbocycles. The molecule has 1 aliphatic carbocycles. The predicted molar refractivity (Wildman–Crippen MR) is 94.5 cm³/mol. The first-order valence-electron chi connectivity index (χ1n) is 9.22. The second-order valence-corrected chi connectivity index (χ2v) is 7.92. The van der Waals surface area contributed by atoms with Crippen LogP contribution in [0.1, 0.15) is 31.0 Å². The molecule has 1 aromatic rings. The standard InChI is InChI=1S/C18H27N5O2/c1-13(24)22-7-6-18(25,12-22)11-21(2)15-9-23(10-15)17-8-14-4-3-5-16(14)19-20-17/h8,15,25H,3-7,9-12H2,1-2H3. The Morgan fingerprint density at radius 3 is 2.92 bits per heavy atom. The van der Waals surface area contributed by atoms with Crippen LogP contribution in [0, 0.1) is 0 Å². The van der Waals surface area contributed by atoms with Crippen LogP contribution in [-0.2, 0) is 17.6 Å². The minimum absolute atomic E-state index is 0.0450. The lowest BCUT2D eigenvalue weighted by Gasteiger charge is -2.46. The Kier molecular flexibility index (Phi) is 4.16. The lowest BCUT2D eigenvalue weighted by Crippen LogP contribution is -2.61. The number of hydrogen-bond donors (Lipinski definition) is 1. The Bertz CT molecular complexity index is 675. The van der Waals surface area contributed by atoms with E-state index in [2.05, 4.69) is 33.1 Å². The number of aromatic nitrogens is 2. The van der Waals surface area contributed by atoms with Gasteiger partial charge in [0, 0.05) is 39.1 Å². The van der Waals surface area contributed by atoms with Gasteiger partial charge >= 0.3 is 0 Å². The Morgan fingerprint density at radius 2 is 2.20 bits per heavy atom. The van der Waals surface area contributed by atoms with Crippen molar-refractivity contribution in [2.24, 2.45) is 0 Å². The van der Waals surface area contributed by atoms with Gasteiger partial charge in [-0.3, -0.25) is 9.69 Å². The number of carbonyl (C=O) groups excluding carboxylic acids is 1. The normalized spacial score (nSPS) is 26.2. The second kappa shape index (κ2) is 6.21. The van der Waals surface area contributed by atoms with Crippen LogP contribution in [-0.4, -0.2) is 82.4 Å². The molecule has 1 unspecified atom stereocenters. The van der Waals surface area contributed by atoms with Crippen molar-refractivity contribution in [3.05, 3.63) is 17.3 Å². The van der Waals surface area contributed by atoms with Gasteiger partial charge in [-0.25, -0.2) is 0 Å². The predicted octanol–water partition coefficient (Wildman–Crippen LogP) is 0.0690. The van der Waals surface area contributed by atoms with Gasteiger partial charge in [0.1, 0.15) is 0 Å². The molecule has 2 aliphatic heterocycles. The highest BCUT2D eigenvalue weighted by Crippen LogP contribution is 2.28. The van der Waals surface area contributed by atoms with Crippen LogP contribution in [0.15, 0.2) is 6.07 Å². The van der Waals surface area contributed by atoms with Crippen LogP contribution in [0.4, 0.5) is 5.82 Å². The number of hydrogen-bond acceptors (Lipinski definition) is 6. The lowest BCUT2D eigenvalue weighted by molar-refractivity contribution is -0.129. The van der Waals surface area contributed by atoms with Gasteiger partial charge in [-0.15, -0.1) is 5.10 Å². The van der Waals surface area contributed by atoms with E-state index in [0.29, 0.717) is 32.1 Å². The van der Waals surface area contributed by atoms with Crippen molar-refractivity contribution in [3.63, 3.8) is 0 Å². The molecule has 25 heavy (non-hydrogen) atoms.